The lowest BCUT2D eigenvalue weighted by Gasteiger charge is -2.29. The number of carbonyl (C=O) groups excluding carboxylic acids is 1. The quantitative estimate of drug-likeness (QED) is 0.335. The maximum Gasteiger partial charge on any atom is 0.335 e. The molecule has 2 aliphatic rings. The average Bonchev–Trinajstić information content (AvgIpc) is 3.28. The fourth-order valence-corrected chi connectivity index (χ4v) is 4.23. The Morgan fingerprint density at radius 1 is 0.971 bits per heavy atom. The van der Waals surface area contributed by atoms with Crippen molar-refractivity contribution in [2.75, 3.05) is 31.1 Å². The fourth-order valence-electron chi connectivity index (χ4n) is 4.23. The van der Waals surface area contributed by atoms with Gasteiger partial charge in [0.15, 0.2) is 0 Å². The zero-order valence-electron chi connectivity index (χ0n) is 19.6. The second-order valence-corrected chi connectivity index (χ2v) is 8.69. The maximum atomic E-state index is 12.8. The molecule has 0 aliphatic carbocycles. The van der Waals surface area contributed by atoms with E-state index in [1.807, 2.05) is 36.5 Å². The molecule has 7 N–H and O–H groups in total. The largest absolute Gasteiger partial charge is 0.478 e. The molecule has 2 aromatic carbocycles. The maximum absolute atomic E-state index is 12.8. The molecule has 1 atom stereocenters. The van der Waals surface area contributed by atoms with E-state index in [4.69, 9.17) is 16.6 Å². The molecule has 0 aromatic heterocycles. The molecule has 1 unspecified atom stereocenters. The van der Waals surface area contributed by atoms with Crippen molar-refractivity contribution in [2.24, 2.45) is 11.5 Å². The third kappa shape index (κ3) is 5.89. The highest BCUT2D eigenvalue weighted by Gasteiger charge is 2.31. The van der Waals surface area contributed by atoms with Crippen molar-refractivity contribution in [3.05, 3.63) is 83.1 Å². The summed E-state index contributed by atoms with van der Waals surface area (Å²) in [7, 11) is 0. The van der Waals surface area contributed by atoms with Crippen molar-refractivity contribution in [3.63, 3.8) is 0 Å². The summed E-state index contributed by atoms with van der Waals surface area (Å²) in [6.45, 7) is 4.00. The molecule has 0 fully saturated rings. The van der Waals surface area contributed by atoms with Gasteiger partial charge in [-0.15, -0.1) is 0 Å². The SMILES string of the molecule is NCCCN(CCCN)Cc1ccc(N2C=C3C=C(c4ccc(C(=O)O)cc4)NC3NC2=O)cc1. The number of carboxylic acids is 1. The van der Waals surface area contributed by atoms with Gasteiger partial charge in [-0.3, -0.25) is 9.80 Å². The van der Waals surface area contributed by atoms with Gasteiger partial charge in [0.25, 0.3) is 0 Å². The molecule has 2 aliphatic heterocycles. The Hall–Kier alpha value is -3.66. The van der Waals surface area contributed by atoms with Gasteiger partial charge in [-0.2, -0.15) is 0 Å². The van der Waals surface area contributed by atoms with Gasteiger partial charge >= 0.3 is 12.0 Å². The number of fused-ring (bicyclic) bond motifs is 1. The minimum atomic E-state index is -0.964. The lowest BCUT2D eigenvalue weighted by atomic mass is 10.1. The number of nitrogens with one attached hydrogen (secondary N) is 2. The van der Waals surface area contributed by atoms with Crippen molar-refractivity contribution >= 4 is 23.4 Å². The number of benzene rings is 2. The van der Waals surface area contributed by atoms with E-state index in [-0.39, 0.29) is 17.8 Å². The molecule has 0 spiro atoms. The van der Waals surface area contributed by atoms with Crippen molar-refractivity contribution < 1.29 is 14.7 Å². The topological polar surface area (TPSA) is 137 Å². The monoisotopic (exact) mass is 476 g/mol. The van der Waals surface area contributed by atoms with Crippen LogP contribution in [0.1, 0.15) is 34.3 Å². The minimum absolute atomic E-state index is 0.220. The first-order valence-corrected chi connectivity index (χ1v) is 11.8. The first-order chi connectivity index (χ1) is 17.0. The van der Waals surface area contributed by atoms with Crippen molar-refractivity contribution in [2.45, 2.75) is 25.6 Å². The smallest absolute Gasteiger partial charge is 0.335 e. The number of rotatable bonds is 11. The Bertz CT molecular complexity index is 1100. The molecular weight excluding hydrogens is 444 g/mol. The van der Waals surface area contributed by atoms with E-state index in [9.17, 15) is 9.59 Å². The molecule has 35 heavy (non-hydrogen) atoms. The summed E-state index contributed by atoms with van der Waals surface area (Å²) in [5.41, 5.74) is 16.1. The summed E-state index contributed by atoms with van der Waals surface area (Å²) in [4.78, 5) is 27.9. The highest BCUT2D eigenvalue weighted by Crippen LogP contribution is 2.28. The van der Waals surface area contributed by atoms with E-state index < -0.39 is 5.97 Å². The van der Waals surface area contributed by atoms with Crippen LogP contribution in [0.5, 0.6) is 0 Å². The zero-order chi connectivity index (χ0) is 24.8. The first kappa shape index (κ1) is 24.5. The Morgan fingerprint density at radius 2 is 1.63 bits per heavy atom. The molecule has 2 heterocycles. The van der Waals surface area contributed by atoms with Gasteiger partial charge in [0, 0.05) is 24.0 Å². The van der Waals surface area contributed by atoms with Crippen LogP contribution in [0.3, 0.4) is 0 Å². The standard InChI is InChI=1S/C26H32N6O3/c27-11-1-13-31(14-2-12-28)16-18-3-9-22(10-4-18)32-17-21-15-23(29-24(21)30-26(32)35)19-5-7-20(8-6-19)25(33)34/h3-10,15,17,24,29H,1-2,11-14,16,27-28H2,(H,30,35)(H,33,34). The molecule has 0 saturated carbocycles. The number of hydrogen-bond donors (Lipinski definition) is 5. The average molecular weight is 477 g/mol. The van der Waals surface area contributed by atoms with Crippen molar-refractivity contribution in [1.29, 1.82) is 0 Å². The Morgan fingerprint density at radius 3 is 2.23 bits per heavy atom. The summed E-state index contributed by atoms with van der Waals surface area (Å²) in [5.74, 6) is -0.964. The normalized spacial score (nSPS) is 16.9. The second kappa shape index (κ2) is 11.2. The van der Waals surface area contributed by atoms with Gasteiger partial charge in [-0.05, 0) is 80.5 Å². The molecule has 184 valence electrons. The highest BCUT2D eigenvalue weighted by atomic mass is 16.4. The van der Waals surface area contributed by atoms with Gasteiger partial charge in [-0.1, -0.05) is 24.3 Å². The summed E-state index contributed by atoms with van der Waals surface area (Å²) in [6, 6.07) is 14.4. The van der Waals surface area contributed by atoms with Gasteiger partial charge in [0.1, 0.15) is 6.17 Å². The predicted octanol–water partition coefficient (Wildman–Crippen LogP) is 2.27. The van der Waals surface area contributed by atoms with Gasteiger partial charge in [0.05, 0.1) is 11.3 Å². The lowest BCUT2D eigenvalue weighted by molar-refractivity contribution is 0.0697. The van der Waals surface area contributed by atoms with Crippen LogP contribution < -0.4 is 27.0 Å². The molecule has 2 aromatic rings. The van der Waals surface area contributed by atoms with Gasteiger partial charge in [-0.25, -0.2) is 9.59 Å². The fraction of sp³-hybridized carbons (Fsp3) is 0.308. The van der Waals surface area contributed by atoms with Crippen molar-refractivity contribution in [3.8, 4) is 0 Å². The number of anilines is 1. The Balaban J connectivity index is 1.47. The van der Waals surface area contributed by atoms with E-state index >= 15 is 0 Å². The van der Waals surface area contributed by atoms with Crippen LogP contribution in [0, 0.1) is 0 Å². The number of carboxylic acid groups (broad SMARTS) is 1. The zero-order valence-corrected chi connectivity index (χ0v) is 19.6. The second-order valence-electron chi connectivity index (χ2n) is 8.69. The number of hydrogen-bond acceptors (Lipinski definition) is 6. The minimum Gasteiger partial charge on any atom is -0.478 e. The summed E-state index contributed by atoms with van der Waals surface area (Å²) >= 11 is 0. The molecule has 9 nitrogen and oxygen atoms in total. The van der Waals surface area contributed by atoms with Crippen LogP contribution in [0.2, 0.25) is 0 Å². The third-order valence-electron chi connectivity index (χ3n) is 6.13. The van der Waals surface area contributed by atoms with Gasteiger partial charge < -0.3 is 27.2 Å². The van der Waals surface area contributed by atoms with E-state index in [0.717, 1.165) is 55.0 Å². The van der Waals surface area contributed by atoms with Crippen LogP contribution in [0.15, 0.2) is 66.4 Å². The molecule has 0 saturated heterocycles. The number of nitrogens with two attached hydrogens (primary N) is 2. The molecular formula is C26H32N6O3. The number of urea groups is 1. The molecule has 9 heteroatoms. The van der Waals surface area contributed by atoms with Crippen molar-refractivity contribution in [1.82, 2.24) is 15.5 Å². The van der Waals surface area contributed by atoms with Crippen LogP contribution in [-0.2, 0) is 6.54 Å². The Labute approximate surface area is 205 Å². The van der Waals surface area contributed by atoms with E-state index in [2.05, 4.69) is 15.5 Å². The van der Waals surface area contributed by atoms with Crippen LogP contribution in [0.25, 0.3) is 5.70 Å². The highest BCUT2D eigenvalue weighted by molar-refractivity contribution is 5.97. The van der Waals surface area contributed by atoms with Gasteiger partial charge in [0.2, 0.25) is 0 Å². The number of nitrogens with zero attached hydrogens (tertiary/aromatic N) is 2. The molecule has 4 rings (SSSR count). The predicted molar refractivity (Wildman–Crippen MR) is 136 cm³/mol. The molecule has 0 radical (unpaired) electrons. The lowest BCUT2D eigenvalue weighted by Crippen LogP contribution is -2.51. The van der Waals surface area contributed by atoms with Crippen LogP contribution >= 0.6 is 0 Å². The number of carbonyl (C=O) groups is 2. The van der Waals surface area contributed by atoms with E-state index in [1.54, 1.807) is 29.2 Å². The summed E-state index contributed by atoms with van der Waals surface area (Å²) < 4.78 is 0. The number of aromatic carboxylic acids is 1. The molecule has 2 amide bonds. The first-order valence-electron chi connectivity index (χ1n) is 11.8. The number of amides is 2. The van der Waals surface area contributed by atoms with Crippen LogP contribution in [0.4, 0.5) is 10.5 Å². The van der Waals surface area contributed by atoms with E-state index in [0.29, 0.717) is 13.1 Å². The summed E-state index contributed by atoms with van der Waals surface area (Å²) in [6.07, 6.45) is 5.36. The van der Waals surface area contributed by atoms with Crippen LogP contribution in [-0.4, -0.2) is 54.4 Å². The van der Waals surface area contributed by atoms with E-state index in [1.165, 1.54) is 5.56 Å². The summed E-state index contributed by atoms with van der Waals surface area (Å²) in [5, 5.41) is 15.4. The third-order valence-corrected chi connectivity index (χ3v) is 6.13. The molecule has 0 bridgehead atoms. The Kier molecular flexibility index (Phi) is 7.81.